The van der Waals surface area contributed by atoms with Crippen molar-refractivity contribution in [2.24, 2.45) is 0 Å². The van der Waals surface area contributed by atoms with Gasteiger partial charge < -0.3 is 9.64 Å². The lowest BCUT2D eigenvalue weighted by atomic mass is 9.86. The largest absolute Gasteiger partial charge is 0.496 e. The summed E-state index contributed by atoms with van der Waals surface area (Å²) in [5, 5.41) is 0. The van der Waals surface area contributed by atoms with Crippen LogP contribution in [0.25, 0.3) is 5.57 Å². The van der Waals surface area contributed by atoms with E-state index in [2.05, 4.69) is 45.6 Å². The SMILES string of the molecule is COc1cc2c(cc1C=O)C(C)=CC(C)(C)N2C(C)C. The van der Waals surface area contributed by atoms with Gasteiger partial charge >= 0.3 is 0 Å². The van der Waals surface area contributed by atoms with Crippen molar-refractivity contribution in [2.75, 3.05) is 12.0 Å². The molecule has 1 aromatic carbocycles. The average Bonchev–Trinajstić information content (AvgIpc) is 2.35. The summed E-state index contributed by atoms with van der Waals surface area (Å²) >= 11 is 0. The molecule has 0 aliphatic carbocycles. The van der Waals surface area contributed by atoms with Crippen molar-refractivity contribution in [3.05, 3.63) is 29.3 Å². The minimum Gasteiger partial charge on any atom is -0.496 e. The van der Waals surface area contributed by atoms with Crippen LogP contribution >= 0.6 is 0 Å². The second kappa shape index (κ2) is 4.97. The van der Waals surface area contributed by atoms with Crippen molar-refractivity contribution in [1.29, 1.82) is 0 Å². The van der Waals surface area contributed by atoms with Crippen molar-refractivity contribution in [3.8, 4) is 5.75 Å². The normalized spacial score (nSPS) is 16.8. The van der Waals surface area contributed by atoms with Gasteiger partial charge in [0.2, 0.25) is 0 Å². The predicted octanol–water partition coefficient (Wildman–Crippen LogP) is 3.92. The fraction of sp³-hybridized carbons (Fsp3) is 0.471. The highest BCUT2D eigenvalue weighted by Gasteiger charge is 2.33. The van der Waals surface area contributed by atoms with E-state index in [9.17, 15) is 4.79 Å². The monoisotopic (exact) mass is 273 g/mol. The number of hydrogen-bond acceptors (Lipinski definition) is 3. The number of benzene rings is 1. The minimum absolute atomic E-state index is 0.0566. The molecule has 0 atom stereocenters. The van der Waals surface area contributed by atoms with Gasteiger partial charge in [0, 0.05) is 23.4 Å². The molecule has 1 heterocycles. The molecule has 1 aliphatic heterocycles. The number of aldehydes is 1. The molecule has 3 heteroatoms. The Labute approximate surface area is 121 Å². The molecule has 2 rings (SSSR count). The second-order valence-corrected chi connectivity index (χ2v) is 6.17. The highest BCUT2D eigenvalue weighted by molar-refractivity contribution is 5.89. The zero-order valence-electron chi connectivity index (χ0n) is 13.2. The van der Waals surface area contributed by atoms with Crippen molar-refractivity contribution >= 4 is 17.5 Å². The molecule has 0 amide bonds. The van der Waals surface area contributed by atoms with E-state index < -0.39 is 0 Å². The van der Waals surface area contributed by atoms with Crippen LogP contribution in [0.4, 0.5) is 5.69 Å². The number of hydrogen-bond donors (Lipinski definition) is 0. The van der Waals surface area contributed by atoms with Crippen molar-refractivity contribution in [3.63, 3.8) is 0 Å². The molecule has 0 fully saturated rings. The molecule has 0 radical (unpaired) electrons. The summed E-state index contributed by atoms with van der Waals surface area (Å²) < 4.78 is 5.36. The van der Waals surface area contributed by atoms with E-state index in [-0.39, 0.29) is 5.54 Å². The number of carbonyl (C=O) groups is 1. The lowest BCUT2D eigenvalue weighted by molar-refractivity contribution is 0.112. The van der Waals surface area contributed by atoms with Crippen LogP contribution < -0.4 is 9.64 Å². The Bertz CT molecular complexity index is 571. The molecule has 0 saturated heterocycles. The first-order valence-electron chi connectivity index (χ1n) is 6.98. The summed E-state index contributed by atoms with van der Waals surface area (Å²) in [4.78, 5) is 13.6. The summed E-state index contributed by atoms with van der Waals surface area (Å²) in [5.41, 5.74) is 3.99. The van der Waals surface area contributed by atoms with E-state index in [1.165, 1.54) is 5.57 Å². The smallest absolute Gasteiger partial charge is 0.153 e. The van der Waals surface area contributed by atoms with Gasteiger partial charge in [-0.1, -0.05) is 6.08 Å². The summed E-state index contributed by atoms with van der Waals surface area (Å²) in [6.45, 7) is 10.9. The molecule has 0 aromatic heterocycles. The molecule has 0 spiro atoms. The van der Waals surface area contributed by atoms with Gasteiger partial charge in [-0.15, -0.1) is 0 Å². The Hall–Kier alpha value is -1.77. The van der Waals surface area contributed by atoms with Crippen molar-refractivity contribution < 1.29 is 9.53 Å². The maximum Gasteiger partial charge on any atom is 0.153 e. The summed E-state index contributed by atoms with van der Waals surface area (Å²) in [6.07, 6.45) is 3.11. The first kappa shape index (κ1) is 14.6. The first-order valence-corrected chi connectivity index (χ1v) is 6.98. The minimum atomic E-state index is -0.0566. The number of rotatable bonds is 3. The lowest BCUT2D eigenvalue weighted by Gasteiger charge is -2.46. The molecule has 1 aliphatic rings. The summed E-state index contributed by atoms with van der Waals surface area (Å²) in [7, 11) is 1.60. The fourth-order valence-electron chi connectivity index (χ4n) is 3.30. The zero-order valence-corrected chi connectivity index (χ0v) is 13.2. The van der Waals surface area contributed by atoms with Crippen LogP contribution in [0.1, 0.15) is 50.5 Å². The van der Waals surface area contributed by atoms with Crippen LogP contribution in [-0.4, -0.2) is 25.0 Å². The third-order valence-electron chi connectivity index (χ3n) is 3.87. The Morgan fingerprint density at radius 3 is 2.45 bits per heavy atom. The number of carbonyl (C=O) groups excluding carboxylic acids is 1. The van der Waals surface area contributed by atoms with E-state index in [4.69, 9.17) is 4.74 Å². The second-order valence-electron chi connectivity index (χ2n) is 6.17. The van der Waals surface area contributed by atoms with E-state index in [0.717, 1.165) is 17.5 Å². The van der Waals surface area contributed by atoms with E-state index in [1.54, 1.807) is 7.11 Å². The standard InChI is InChI=1S/C17H23NO2/c1-11(2)18-15-8-16(20-6)13(10-19)7-14(15)12(3)9-17(18,4)5/h7-11H,1-6H3. The van der Waals surface area contributed by atoms with Gasteiger partial charge in [-0.05, 0) is 46.3 Å². The van der Waals surface area contributed by atoms with E-state index >= 15 is 0 Å². The molecule has 0 saturated carbocycles. The number of nitrogens with zero attached hydrogens (tertiary/aromatic N) is 1. The first-order chi connectivity index (χ1) is 9.31. The third-order valence-corrected chi connectivity index (χ3v) is 3.87. The Kier molecular flexibility index (Phi) is 3.63. The zero-order chi connectivity index (χ0) is 15.1. The quantitative estimate of drug-likeness (QED) is 0.782. The van der Waals surface area contributed by atoms with Gasteiger partial charge in [0.15, 0.2) is 6.29 Å². The average molecular weight is 273 g/mol. The van der Waals surface area contributed by atoms with E-state index in [1.807, 2.05) is 12.1 Å². The van der Waals surface area contributed by atoms with Crippen LogP contribution in [0.5, 0.6) is 5.75 Å². The lowest BCUT2D eigenvalue weighted by Crippen LogP contribution is -2.49. The van der Waals surface area contributed by atoms with Crippen LogP contribution in [0.15, 0.2) is 18.2 Å². The van der Waals surface area contributed by atoms with Crippen molar-refractivity contribution in [1.82, 2.24) is 0 Å². The molecule has 0 bridgehead atoms. The van der Waals surface area contributed by atoms with Crippen molar-refractivity contribution in [2.45, 2.75) is 46.2 Å². The number of ether oxygens (including phenoxy) is 1. The molecule has 0 N–H and O–H groups in total. The molecule has 3 nitrogen and oxygen atoms in total. The van der Waals surface area contributed by atoms with Gasteiger partial charge in [0.25, 0.3) is 0 Å². The van der Waals surface area contributed by atoms with Crippen LogP contribution in [0.2, 0.25) is 0 Å². The highest BCUT2D eigenvalue weighted by Crippen LogP contribution is 2.42. The number of anilines is 1. The van der Waals surface area contributed by atoms with Gasteiger partial charge in [-0.2, -0.15) is 0 Å². The number of fused-ring (bicyclic) bond motifs is 1. The van der Waals surface area contributed by atoms with Crippen LogP contribution in [0, 0.1) is 0 Å². The third kappa shape index (κ3) is 2.21. The van der Waals surface area contributed by atoms with E-state index in [0.29, 0.717) is 17.4 Å². The predicted molar refractivity (Wildman–Crippen MR) is 83.7 cm³/mol. The van der Waals surface area contributed by atoms with Gasteiger partial charge in [0.1, 0.15) is 5.75 Å². The fourth-order valence-corrected chi connectivity index (χ4v) is 3.30. The number of methoxy groups -OCH3 is 1. The molecular formula is C17H23NO2. The Morgan fingerprint density at radius 2 is 1.95 bits per heavy atom. The molecule has 108 valence electrons. The maximum absolute atomic E-state index is 11.2. The van der Waals surface area contributed by atoms with Crippen LogP contribution in [0.3, 0.4) is 0 Å². The maximum atomic E-state index is 11.2. The van der Waals surface area contributed by atoms with Gasteiger partial charge in [0.05, 0.1) is 18.2 Å². The highest BCUT2D eigenvalue weighted by atomic mass is 16.5. The summed E-state index contributed by atoms with van der Waals surface area (Å²) in [6, 6.07) is 4.27. The Morgan fingerprint density at radius 1 is 1.30 bits per heavy atom. The summed E-state index contributed by atoms with van der Waals surface area (Å²) in [5.74, 6) is 0.634. The van der Waals surface area contributed by atoms with Crippen LogP contribution in [-0.2, 0) is 0 Å². The topological polar surface area (TPSA) is 29.5 Å². The molecule has 20 heavy (non-hydrogen) atoms. The van der Waals surface area contributed by atoms with Gasteiger partial charge in [-0.3, -0.25) is 4.79 Å². The van der Waals surface area contributed by atoms with Gasteiger partial charge in [-0.25, -0.2) is 0 Å². The molecule has 0 unspecified atom stereocenters. The Balaban J connectivity index is 2.73. The molecule has 1 aromatic rings. The molecular weight excluding hydrogens is 250 g/mol. The number of allylic oxidation sites excluding steroid dienone is 1.